The predicted octanol–water partition coefficient (Wildman–Crippen LogP) is 3.94. The highest BCUT2D eigenvalue weighted by Crippen LogP contribution is 2.31. The quantitative estimate of drug-likeness (QED) is 0.487. The monoisotopic (exact) mass is 511 g/mol. The summed E-state index contributed by atoms with van der Waals surface area (Å²) < 4.78 is 0. The Morgan fingerprint density at radius 1 is 0.946 bits per heavy atom. The van der Waals surface area contributed by atoms with E-state index >= 15 is 0 Å². The van der Waals surface area contributed by atoms with Crippen LogP contribution in [0.25, 0.3) is 0 Å². The molecule has 37 heavy (non-hydrogen) atoms. The van der Waals surface area contributed by atoms with Gasteiger partial charge in [0.2, 0.25) is 11.9 Å². The van der Waals surface area contributed by atoms with Gasteiger partial charge in [-0.05, 0) is 76.9 Å². The highest BCUT2D eigenvalue weighted by Gasteiger charge is 2.36. The van der Waals surface area contributed by atoms with Crippen LogP contribution in [-0.4, -0.2) is 78.2 Å². The number of hydrogen-bond acceptors (Lipinski definition) is 7. The molecule has 8 heteroatoms. The summed E-state index contributed by atoms with van der Waals surface area (Å²) in [5.74, 6) is 2.17. The Balaban J connectivity index is 1.25. The second kappa shape index (κ2) is 13.7. The maximum atomic E-state index is 12.8. The summed E-state index contributed by atoms with van der Waals surface area (Å²) in [7, 11) is 0. The van der Waals surface area contributed by atoms with Gasteiger partial charge in [0, 0.05) is 50.5 Å². The number of carbonyl (C=O) groups excluding carboxylic acids is 1. The van der Waals surface area contributed by atoms with Crippen LogP contribution in [-0.2, 0) is 4.79 Å². The van der Waals surface area contributed by atoms with Gasteiger partial charge in [0.05, 0.1) is 5.92 Å². The molecule has 3 N–H and O–H groups in total. The molecule has 1 aromatic heterocycles. The average molecular weight is 512 g/mol. The lowest BCUT2D eigenvalue weighted by Gasteiger charge is -2.47. The molecule has 0 bridgehead atoms. The van der Waals surface area contributed by atoms with Crippen LogP contribution in [0, 0.1) is 5.92 Å². The fourth-order valence-corrected chi connectivity index (χ4v) is 7.11. The van der Waals surface area contributed by atoms with Gasteiger partial charge in [-0.1, -0.05) is 32.1 Å². The molecule has 4 fully saturated rings. The van der Waals surface area contributed by atoms with Gasteiger partial charge in [0.15, 0.2) is 0 Å². The molecule has 4 heterocycles. The van der Waals surface area contributed by atoms with Gasteiger partial charge in [-0.25, -0.2) is 4.98 Å². The zero-order valence-electron chi connectivity index (χ0n) is 22.8. The van der Waals surface area contributed by atoms with E-state index in [-0.39, 0.29) is 11.8 Å². The van der Waals surface area contributed by atoms with Crippen molar-refractivity contribution in [3.05, 3.63) is 12.3 Å². The smallest absolute Gasteiger partial charge is 0.224 e. The molecule has 3 saturated heterocycles. The maximum Gasteiger partial charge on any atom is 0.224 e. The minimum absolute atomic E-state index is 0.124. The zero-order chi connectivity index (χ0) is 25.3. The van der Waals surface area contributed by atoms with Crippen LogP contribution in [0.2, 0.25) is 0 Å². The molecule has 3 atom stereocenters. The summed E-state index contributed by atoms with van der Waals surface area (Å²) in [6, 6.07) is 3.44. The van der Waals surface area contributed by atoms with Gasteiger partial charge < -0.3 is 20.9 Å². The third-order valence-electron chi connectivity index (χ3n) is 9.16. The van der Waals surface area contributed by atoms with E-state index in [1.807, 2.05) is 6.20 Å². The highest BCUT2D eigenvalue weighted by molar-refractivity contribution is 5.78. The topological polar surface area (TPSA) is 85.4 Å². The van der Waals surface area contributed by atoms with E-state index in [0.29, 0.717) is 18.1 Å². The molecule has 5 rings (SSSR count). The Hall–Kier alpha value is -1.93. The summed E-state index contributed by atoms with van der Waals surface area (Å²) in [5.41, 5.74) is 0. The summed E-state index contributed by atoms with van der Waals surface area (Å²) in [5, 5.41) is 10.5. The maximum absolute atomic E-state index is 12.8. The number of rotatable bonds is 8. The SMILES string of the molecule is O=C(NCCC1C(Nc2nccc(N3CCCCCC3)n2)CCCN1C1CCCCC1)C1CCCNC1. The number of likely N-dealkylation sites (tertiary alicyclic amines) is 1. The Bertz CT molecular complexity index is 831. The normalized spacial score (nSPS) is 28.4. The van der Waals surface area contributed by atoms with Gasteiger partial charge in [-0.3, -0.25) is 9.69 Å². The molecule has 0 spiro atoms. The largest absolute Gasteiger partial charge is 0.356 e. The third kappa shape index (κ3) is 7.34. The van der Waals surface area contributed by atoms with E-state index in [9.17, 15) is 4.79 Å². The van der Waals surface area contributed by atoms with Gasteiger partial charge in [-0.2, -0.15) is 4.98 Å². The first-order chi connectivity index (χ1) is 18.3. The highest BCUT2D eigenvalue weighted by atomic mass is 16.1. The van der Waals surface area contributed by atoms with Gasteiger partial charge >= 0.3 is 0 Å². The first-order valence-corrected chi connectivity index (χ1v) is 15.4. The second-order valence-electron chi connectivity index (χ2n) is 11.8. The molecule has 8 nitrogen and oxygen atoms in total. The van der Waals surface area contributed by atoms with Crippen molar-refractivity contribution in [2.75, 3.05) is 49.5 Å². The summed E-state index contributed by atoms with van der Waals surface area (Å²) in [6.45, 7) is 5.95. The zero-order valence-corrected chi connectivity index (χ0v) is 22.8. The summed E-state index contributed by atoms with van der Waals surface area (Å²) >= 11 is 0. The van der Waals surface area contributed by atoms with Crippen LogP contribution in [0.15, 0.2) is 12.3 Å². The van der Waals surface area contributed by atoms with E-state index in [2.05, 4.69) is 36.8 Å². The molecule has 1 aromatic rings. The van der Waals surface area contributed by atoms with Crippen LogP contribution in [0.1, 0.15) is 89.9 Å². The van der Waals surface area contributed by atoms with Crippen LogP contribution in [0.5, 0.6) is 0 Å². The molecular weight excluding hydrogens is 462 g/mol. The fourth-order valence-electron chi connectivity index (χ4n) is 7.11. The molecule has 1 saturated carbocycles. The lowest BCUT2D eigenvalue weighted by molar-refractivity contribution is -0.125. The number of nitrogens with one attached hydrogen (secondary N) is 3. The molecule has 3 aliphatic heterocycles. The van der Waals surface area contributed by atoms with E-state index < -0.39 is 0 Å². The molecule has 1 aliphatic carbocycles. The number of aromatic nitrogens is 2. The minimum Gasteiger partial charge on any atom is -0.356 e. The molecule has 0 radical (unpaired) electrons. The van der Waals surface area contributed by atoms with Crippen molar-refractivity contribution in [1.29, 1.82) is 0 Å². The van der Waals surface area contributed by atoms with Crippen molar-refractivity contribution >= 4 is 17.7 Å². The molecule has 206 valence electrons. The van der Waals surface area contributed by atoms with E-state index in [0.717, 1.165) is 70.2 Å². The van der Waals surface area contributed by atoms with Crippen molar-refractivity contribution in [1.82, 2.24) is 25.5 Å². The molecule has 0 aromatic carbocycles. The van der Waals surface area contributed by atoms with Crippen LogP contribution < -0.4 is 20.9 Å². The van der Waals surface area contributed by atoms with E-state index in [1.165, 1.54) is 70.8 Å². The number of amides is 1. The first-order valence-electron chi connectivity index (χ1n) is 15.4. The number of hydrogen-bond donors (Lipinski definition) is 3. The Labute approximate surface area is 223 Å². The second-order valence-corrected chi connectivity index (χ2v) is 11.8. The van der Waals surface area contributed by atoms with Crippen molar-refractivity contribution in [3.8, 4) is 0 Å². The number of piperidine rings is 2. The molecule has 3 unspecified atom stereocenters. The van der Waals surface area contributed by atoms with Crippen molar-refractivity contribution < 1.29 is 4.79 Å². The van der Waals surface area contributed by atoms with Gasteiger partial charge in [0.25, 0.3) is 0 Å². The molecular formula is C29H49N7O. The summed E-state index contributed by atoms with van der Waals surface area (Å²) in [6.07, 6.45) is 19.2. The van der Waals surface area contributed by atoms with Crippen molar-refractivity contribution in [2.24, 2.45) is 5.92 Å². The molecule has 4 aliphatic rings. The van der Waals surface area contributed by atoms with Gasteiger partial charge in [-0.15, -0.1) is 0 Å². The standard InChI is InChI=1S/C29H49N7O/c37-28(23-10-8-16-30-22-23)31-17-14-26-25(13-9-21-36(26)24-11-4-3-5-12-24)33-29-32-18-15-27(34-29)35-19-6-1-2-7-20-35/h15,18,23-26,30H,1-14,16-17,19-22H2,(H,31,37)(H,32,33,34). The van der Waals surface area contributed by atoms with Crippen LogP contribution >= 0.6 is 0 Å². The lowest BCUT2D eigenvalue weighted by atomic mass is 9.87. The lowest BCUT2D eigenvalue weighted by Crippen LogP contribution is -2.56. The van der Waals surface area contributed by atoms with E-state index in [4.69, 9.17) is 4.98 Å². The Morgan fingerprint density at radius 3 is 2.54 bits per heavy atom. The number of carbonyl (C=O) groups is 1. The van der Waals surface area contributed by atoms with Crippen molar-refractivity contribution in [3.63, 3.8) is 0 Å². The summed E-state index contributed by atoms with van der Waals surface area (Å²) in [4.78, 5) is 27.7. The predicted molar refractivity (Wildman–Crippen MR) is 150 cm³/mol. The van der Waals surface area contributed by atoms with Gasteiger partial charge in [0.1, 0.15) is 5.82 Å². The number of nitrogens with zero attached hydrogens (tertiary/aromatic N) is 4. The molecule has 1 amide bonds. The fraction of sp³-hybridized carbons (Fsp3) is 0.828. The minimum atomic E-state index is 0.124. The Kier molecular flexibility index (Phi) is 9.91. The number of anilines is 2. The first kappa shape index (κ1) is 26.7. The third-order valence-corrected chi connectivity index (χ3v) is 9.16. The van der Waals surface area contributed by atoms with Crippen LogP contribution in [0.3, 0.4) is 0 Å². The average Bonchev–Trinajstić information content (AvgIpc) is 3.25. The van der Waals surface area contributed by atoms with E-state index in [1.54, 1.807) is 0 Å². The van der Waals surface area contributed by atoms with Crippen molar-refractivity contribution in [2.45, 2.75) is 108 Å². The van der Waals surface area contributed by atoms with Crippen LogP contribution in [0.4, 0.5) is 11.8 Å². The Morgan fingerprint density at radius 2 is 1.76 bits per heavy atom.